The zero-order valence-electron chi connectivity index (χ0n) is 13.5. The molecule has 1 aliphatic heterocycles. The van der Waals surface area contributed by atoms with Crippen molar-refractivity contribution in [3.05, 3.63) is 0 Å². The van der Waals surface area contributed by atoms with Gasteiger partial charge < -0.3 is 10.6 Å². The summed E-state index contributed by atoms with van der Waals surface area (Å²) in [5.41, 5.74) is 0. The average molecular weight is 280 g/mol. The first-order valence-electron chi connectivity index (χ1n) is 8.58. The molecule has 2 aliphatic rings. The third kappa shape index (κ3) is 4.21. The summed E-state index contributed by atoms with van der Waals surface area (Å²) in [6, 6.07) is 0.409. The van der Waals surface area contributed by atoms with Crippen LogP contribution in [-0.2, 0) is 4.79 Å². The van der Waals surface area contributed by atoms with E-state index in [0.717, 1.165) is 24.9 Å². The second-order valence-corrected chi connectivity index (χ2v) is 7.21. The number of hydrogen-bond acceptors (Lipinski definition) is 2. The summed E-state index contributed by atoms with van der Waals surface area (Å²) >= 11 is 0. The third-order valence-electron chi connectivity index (χ3n) is 5.75. The molecule has 1 saturated heterocycles. The molecule has 0 bridgehead atoms. The molecule has 20 heavy (non-hydrogen) atoms. The van der Waals surface area contributed by atoms with E-state index in [0.29, 0.717) is 24.3 Å². The van der Waals surface area contributed by atoms with Gasteiger partial charge in [0.05, 0.1) is 0 Å². The molecule has 116 valence electrons. The van der Waals surface area contributed by atoms with Gasteiger partial charge in [0.1, 0.15) is 0 Å². The highest BCUT2D eigenvalue weighted by Gasteiger charge is 2.29. The quantitative estimate of drug-likeness (QED) is 0.831. The van der Waals surface area contributed by atoms with Gasteiger partial charge in [0.25, 0.3) is 0 Å². The van der Waals surface area contributed by atoms with E-state index in [1.807, 2.05) is 0 Å². The minimum atomic E-state index is 0.280. The largest absolute Gasteiger partial charge is 0.353 e. The summed E-state index contributed by atoms with van der Waals surface area (Å²) < 4.78 is 0. The minimum Gasteiger partial charge on any atom is -0.353 e. The lowest BCUT2D eigenvalue weighted by Gasteiger charge is -2.35. The Balaban J connectivity index is 1.76. The molecule has 3 heteroatoms. The lowest BCUT2D eigenvalue weighted by molar-refractivity contribution is -0.123. The van der Waals surface area contributed by atoms with Crippen molar-refractivity contribution in [3.8, 4) is 0 Å². The van der Waals surface area contributed by atoms with Crippen LogP contribution >= 0.6 is 0 Å². The van der Waals surface area contributed by atoms with Crippen LogP contribution in [0.2, 0.25) is 0 Å². The van der Waals surface area contributed by atoms with Gasteiger partial charge in [-0.25, -0.2) is 0 Å². The first-order chi connectivity index (χ1) is 9.58. The van der Waals surface area contributed by atoms with Crippen LogP contribution in [0, 0.1) is 23.7 Å². The fourth-order valence-electron chi connectivity index (χ4n) is 3.92. The highest BCUT2D eigenvalue weighted by Crippen LogP contribution is 2.30. The number of piperidine rings is 1. The molecule has 0 spiro atoms. The minimum absolute atomic E-state index is 0.280. The molecule has 0 aromatic carbocycles. The number of nitrogens with one attached hydrogen (secondary N) is 2. The highest BCUT2D eigenvalue weighted by atomic mass is 16.1. The Labute approximate surface area is 124 Å². The number of carbonyl (C=O) groups excluding carboxylic acids is 1. The standard InChI is InChI=1S/C17H32N2O/c1-12-5-4-6-16(14(12)3)19-17(20)11-13(2)15-7-9-18-10-8-15/h12-16,18H,4-11H2,1-3H3,(H,19,20). The van der Waals surface area contributed by atoms with Crippen molar-refractivity contribution in [2.45, 2.75) is 65.3 Å². The molecule has 0 aromatic heterocycles. The molecule has 1 saturated carbocycles. The summed E-state index contributed by atoms with van der Waals surface area (Å²) in [7, 11) is 0. The Morgan fingerprint density at radius 2 is 1.90 bits per heavy atom. The molecular formula is C17H32N2O. The second kappa shape index (κ2) is 7.44. The van der Waals surface area contributed by atoms with Crippen LogP contribution in [0.4, 0.5) is 0 Å². The first-order valence-corrected chi connectivity index (χ1v) is 8.58. The van der Waals surface area contributed by atoms with Gasteiger partial charge in [0.2, 0.25) is 5.91 Å². The molecule has 0 aromatic rings. The number of rotatable bonds is 4. The van der Waals surface area contributed by atoms with Crippen molar-refractivity contribution in [3.63, 3.8) is 0 Å². The van der Waals surface area contributed by atoms with Gasteiger partial charge in [0.15, 0.2) is 0 Å². The highest BCUT2D eigenvalue weighted by molar-refractivity contribution is 5.76. The normalized spacial score (nSPS) is 33.6. The Bertz CT molecular complexity index is 312. The van der Waals surface area contributed by atoms with Crippen molar-refractivity contribution >= 4 is 5.91 Å². The van der Waals surface area contributed by atoms with Gasteiger partial charge >= 0.3 is 0 Å². The lowest BCUT2D eigenvalue weighted by Crippen LogP contribution is -2.44. The Morgan fingerprint density at radius 3 is 2.60 bits per heavy atom. The number of carbonyl (C=O) groups is 1. The SMILES string of the molecule is CC(CC(=O)NC1CCCC(C)C1C)C1CCNCC1. The van der Waals surface area contributed by atoms with Gasteiger partial charge in [-0.3, -0.25) is 4.79 Å². The van der Waals surface area contributed by atoms with Crippen molar-refractivity contribution in [2.24, 2.45) is 23.7 Å². The maximum atomic E-state index is 12.3. The van der Waals surface area contributed by atoms with Crippen molar-refractivity contribution < 1.29 is 4.79 Å². The monoisotopic (exact) mass is 280 g/mol. The molecule has 1 heterocycles. The Hall–Kier alpha value is -0.570. The van der Waals surface area contributed by atoms with Crippen LogP contribution in [0.5, 0.6) is 0 Å². The summed E-state index contributed by atoms with van der Waals surface area (Å²) in [6.07, 6.45) is 6.91. The fraction of sp³-hybridized carbons (Fsp3) is 0.941. The molecule has 1 aliphatic carbocycles. The van der Waals surface area contributed by atoms with Crippen LogP contribution in [0.25, 0.3) is 0 Å². The zero-order chi connectivity index (χ0) is 14.5. The molecular weight excluding hydrogens is 248 g/mol. The average Bonchev–Trinajstić information content (AvgIpc) is 2.45. The molecule has 2 fully saturated rings. The van der Waals surface area contributed by atoms with Gasteiger partial charge in [-0.15, -0.1) is 0 Å². The van der Waals surface area contributed by atoms with E-state index in [1.54, 1.807) is 0 Å². The van der Waals surface area contributed by atoms with Crippen molar-refractivity contribution in [1.82, 2.24) is 10.6 Å². The predicted molar refractivity (Wildman–Crippen MR) is 83.5 cm³/mol. The fourth-order valence-corrected chi connectivity index (χ4v) is 3.92. The van der Waals surface area contributed by atoms with Crippen LogP contribution in [0.15, 0.2) is 0 Å². The van der Waals surface area contributed by atoms with E-state index in [1.165, 1.54) is 32.1 Å². The van der Waals surface area contributed by atoms with Crippen LogP contribution in [0.1, 0.15) is 59.3 Å². The summed E-state index contributed by atoms with van der Waals surface area (Å²) in [5.74, 6) is 2.90. The van der Waals surface area contributed by atoms with Gasteiger partial charge in [0, 0.05) is 12.5 Å². The van der Waals surface area contributed by atoms with E-state index in [2.05, 4.69) is 31.4 Å². The molecule has 0 radical (unpaired) electrons. The van der Waals surface area contributed by atoms with Gasteiger partial charge in [-0.05, 0) is 56.0 Å². The number of hydrogen-bond donors (Lipinski definition) is 2. The maximum absolute atomic E-state index is 12.3. The van der Waals surface area contributed by atoms with Crippen molar-refractivity contribution in [1.29, 1.82) is 0 Å². The molecule has 4 atom stereocenters. The molecule has 2 rings (SSSR count). The first kappa shape index (κ1) is 15.8. The van der Waals surface area contributed by atoms with Crippen molar-refractivity contribution in [2.75, 3.05) is 13.1 Å². The second-order valence-electron chi connectivity index (χ2n) is 7.21. The summed E-state index contributed by atoms with van der Waals surface area (Å²) in [5, 5.41) is 6.71. The number of amides is 1. The molecule has 3 nitrogen and oxygen atoms in total. The van der Waals surface area contributed by atoms with Crippen LogP contribution < -0.4 is 10.6 Å². The van der Waals surface area contributed by atoms with Gasteiger partial charge in [-0.1, -0.05) is 33.6 Å². The topological polar surface area (TPSA) is 41.1 Å². The van der Waals surface area contributed by atoms with E-state index >= 15 is 0 Å². The zero-order valence-corrected chi connectivity index (χ0v) is 13.5. The summed E-state index contributed by atoms with van der Waals surface area (Å²) in [6.45, 7) is 9.11. The summed E-state index contributed by atoms with van der Waals surface area (Å²) in [4.78, 5) is 12.3. The lowest BCUT2D eigenvalue weighted by atomic mass is 9.78. The molecule has 2 N–H and O–H groups in total. The molecule has 4 unspecified atom stereocenters. The van der Waals surface area contributed by atoms with Gasteiger partial charge in [-0.2, -0.15) is 0 Å². The van der Waals surface area contributed by atoms with E-state index in [-0.39, 0.29) is 5.91 Å². The Kier molecular flexibility index (Phi) is 5.88. The van der Waals surface area contributed by atoms with E-state index in [4.69, 9.17) is 0 Å². The third-order valence-corrected chi connectivity index (χ3v) is 5.75. The van der Waals surface area contributed by atoms with Crippen LogP contribution in [0.3, 0.4) is 0 Å². The van der Waals surface area contributed by atoms with Crippen LogP contribution in [-0.4, -0.2) is 25.0 Å². The predicted octanol–water partition coefficient (Wildman–Crippen LogP) is 2.95. The Morgan fingerprint density at radius 1 is 1.20 bits per heavy atom. The molecule has 1 amide bonds. The van der Waals surface area contributed by atoms with E-state index in [9.17, 15) is 4.79 Å². The maximum Gasteiger partial charge on any atom is 0.220 e. The smallest absolute Gasteiger partial charge is 0.220 e. The van der Waals surface area contributed by atoms with E-state index < -0.39 is 0 Å².